The van der Waals surface area contributed by atoms with Gasteiger partial charge in [-0.15, -0.1) is 0 Å². The summed E-state index contributed by atoms with van der Waals surface area (Å²) in [5.41, 5.74) is 0.526. The fourth-order valence-corrected chi connectivity index (χ4v) is 1.26. The molecule has 0 aromatic rings. The quantitative estimate of drug-likeness (QED) is 0.574. The van der Waals surface area contributed by atoms with Crippen molar-refractivity contribution in [1.29, 1.82) is 0 Å². The highest BCUT2D eigenvalue weighted by Gasteiger charge is 2.08. The second-order valence-electron chi connectivity index (χ2n) is 5.17. The number of nitrogens with zero attached hydrogens (tertiary/aromatic N) is 1. The van der Waals surface area contributed by atoms with Gasteiger partial charge in [0, 0.05) is 0 Å². The second kappa shape index (κ2) is 5.58. The average Bonchev–Trinajstić information content (AvgIpc) is 1.83. The van der Waals surface area contributed by atoms with Crippen molar-refractivity contribution in [2.45, 2.75) is 46.5 Å². The summed E-state index contributed by atoms with van der Waals surface area (Å²) in [6.45, 7) is 8.20. The molecule has 0 saturated heterocycles. The van der Waals surface area contributed by atoms with Gasteiger partial charge in [-0.1, -0.05) is 33.6 Å². The van der Waals surface area contributed by atoms with Crippen molar-refractivity contribution >= 4 is 0 Å². The molecular weight excluding hydrogens is 146 g/mol. The first-order valence-corrected chi connectivity index (χ1v) is 5.06. The predicted molar refractivity (Wildman–Crippen MR) is 56.5 cm³/mol. The Balaban J connectivity index is 3.12. The molecule has 0 aromatic heterocycles. The normalized spacial score (nSPS) is 12.5. The maximum atomic E-state index is 2.32. The highest BCUT2D eigenvalue weighted by atomic mass is 15.0. The summed E-state index contributed by atoms with van der Waals surface area (Å²) < 4.78 is 0. The van der Waals surface area contributed by atoms with Crippen molar-refractivity contribution in [2.24, 2.45) is 5.41 Å². The first-order chi connectivity index (χ1) is 5.42. The van der Waals surface area contributed by atoms with Crippen molar-refractivity contribution in [3.8, 4) is 0 Å². The lowest BCUT2D eigenvalue weighted by Crippen LogP contribution is -2.13. The third kappa shape index (κ3) is 9.96. The Morgan fingerprint density at radius 3 is 1.92 bits per heavy atom. The number of hydrogen-bond acceptors (Lipinski definition) is 1. The SMILES string of the molecule is CN(C)CCCCCC(C)(C)C. The zero-order valence-corrected chi connectivity index (χ0v) is 9.48. The van der Waals surface area contributed by atoms with Gasteiger partial charge in [-0.05, 0) is 38.9 Å². The third-order valence-electron chi connectivity index (χ3n) is 2.03. The van der Waals surface area contributed by atoms with Crippen LogP contribution in [0.5, 0.6) is 0 Å². The molecule has 0 aromatic carbocycles. The van der Waals surface area contributed by atoms with Crippen LogP contribution >= 0.6 is 0 Å². The van der Waals surface area contributed by atoms with Crippen molar-refractivity contribution in [2.75, 3.05) is 20.6 Å². The molecule has 0 spiro atoms. The summed E-state index contributed by atoms with van der Waals surface area (Å²) in [7, 11) is 4.29. The van der Waals surface area contributed by atoms with E-state index in [2.05, 4.69) is 39.8 Å². The Morgan fingerprint density at radius 2 is 1.50 bits per heavy atom. The van der Waals surface area contributed by atoms with Gasteiger partial charge in [0.1, 0.15) is 0 Å². The van der Waals surface area contributed by atoms with E-state index in [1.165, 1.54) is 32.2 Å². The molecule has 12 heavy (non-hydrogen) atoms. The maximum absolute atomic E-state index is 2.32. The maximum Gasteiger partial charge on any atom is -0.00248 e. The van der Waals surface area contributed by atoms with Crippen molar-refractivity contribution in [1.82, 2.24) is 4.90 Å². The molecule has 0 radical (unpaired) electrons. The zero-order valence-electron chi connectivity index (χ0n) is 9.48. The molecule has 0 N–H and O–H groups in total. The van der Waals surface area contributed by atoms with Crippen LogP contribution in [-0.2, 0) is 0 Å². The molecule has 0 saturated carbocycles. The molecule has 74 valence electrons. The van der Waals surface area contributed by atoms with E-state index in [1.807, 2.05) is 0 Å². The van der Waals surface area contributed by atoms with Crippen molar-refractivity contribution in [3.63, 3.8) is 0 Å². The van der Waals surface area contributed by atoms with Gasteiger partial charge in [0.25, 0.3) is 0 Å². The molecule has 0 unspecified atom stereocenters. The molecule has 0 atom stereocenters. The first-order valence-electron chi connectivity index (χ1n) is 5.06. The van der Waals surface area contributed by atoms with E-state index < -0.39 is 0 Å². The smallest absolute Gasteiger partial charge is 0.00248 e. The minimum absolute atomic E-state index is 0.526. The summed E-state index contributed by atoms with van der Waals surface area (Å²) in [5, 5.41) is 0. The van der Waals surface area contributed by atoms with Crippen LogP contribution in [0.2, 0.25) is 0 Å². The van der Waals surface area contributed by atoms with Crippen LogP contribution in [0, 0.1) is 5.41 Å². The van der Waals surface area contributed by atoms with Gasteiger partial charge in [-0.25, -0.2) is 0 Å². The van der Waals surface area contributed by atoms with Crippen molar-refractivity contribution < 1.29 is 0 Å². The predicted octanol–water partition coefficient (Wildman–Crippen LogP) is 3.15. The molecule has 0 bridgehead atoms. The van der Waals surface area contributed by atoms with Crippen molar-refractivity contribution in [3.05, 3.63) is 0 Å². The molecule has 0 aliphatic rings. The second-order valence-corrected chi connectivity index (χ2v) is 5.17. The van der Waals surface area contributed by atoms with Crippen LogP contribution in [0.25, 0.3) is 0 Å². The minimum atomic E-state index is 0.526. The zero-order chi connectivity index (χ0) is 9.61. The van der Waals surface area contributed by atoms with Crippen LogP contribution in [0.1, 0.15) is 46.5 Å². The lowest BCUT2D eigenvalue weighted by Gasteiger charge is -2.17. The Kier molecular flexibility index (Phi) is 5.56. The molecule has 1 heteroatoms. The Hall–Kier alpha value is -0.0400. The Labute approximate surface area is 78.1 Å². The standard InChI is InChI=1S/C11H25N/c1-11(2,3)9-7-6-8-10-12(4)5/h6-10H2,1-5H3. The fraction of sp³-hybridized carbons (Fsp3) is 1.00. The van der Waals surface area contributed by atoms with Crippen LogP contribution in [0.4, 0.5) is 0 Å². The lowest BCUT2D eigenvalue weighted by molar-refractivity contribution is 0.342. The van der Waals surface area contributed by atoms with Gasteiger partial charge >= 0.3 is 0 Å². The van der Waals surface area contributed by atoms with E-state index in [0.717, 1.165) is 0 Å². The number of rotatable bonds is 5. The van der Waals surface area contributed by atoms with E-state index in [-0.39, 0.29) is 0 Å². The molecule has 0 aliphatic carbocycles. The van der Waals surface area contributed by atoms with E-state index in [0.29, 0.717) is 5.41 Å². The molecule has 0 aliphatic heterocycles. The minimum Gasteiger partial charge on any atom is -0.309 e. The Bertz CT molecular complexity index is 100. The van der Waals surface area contributed by atoms with Crippen LogP contribution in [-0.4, -0.2) is 25.5 Å². The number of unbranched alkanes of at least 4 members (excludes halogenated alkanes) is 2. The summed E-state index contributed by atoms with van der Waals surface area (Å²) in [6.07, 6.45) is 5.48. The molecule has 0 fully saturated rings. The van der Waals surface area contributed by atoms with E-state index in [9.17, 15) is 0 Å². The Morgan fingerprint density at radius 1 is 0.917 bits per heavy atom. The summed E-state index contributed by atoms with van der Waals surface area (Å²) in [4.78, 5) is 2.26. The van der Waals surface area contributed by atoms with Crippen LogP contribution in [0.3, 0.4) is 0 Å². The third-order valence-corrected chi connectivity index (χ3v) is 2.03. The molecule has 0 amide bonds. The van der Waals surface area contributed by atoms with Crippen LogP contribution < -0.4 is 0 Å². The highest BCUT2D eigenvalue weighted by molar-refractivity contribution is 4.61. The molecular formula is C11H25N. The highest BCUT2D eigenvalue weighted by Crippen LogP contribution is 2.21. The molecule has 0 rings (SSSR count). The van der Waals surface area contributed by atoms with Gasteiger partial charge in [0.2, 0.25) is 0 Å². The topological polar surface area (TPSA) is 3.24 Å². The fourth-order valence-electron chi connectivity index (χ4n) is 1.26. The lowest BCUT2D eigenvalue weighted by atomic mass is 9.89. The van der Waals surface area contributed by atoms with E-state index in [1.54, 1.807) is 0 Å². The first kappa shape index (κ1) is 12.0. The monoisotopic (exact) mass is 171 g/mol. The van der Waals surface area contributed by atoms with E-state index in [4.69, 9.17) is 0 Å². The van der Waals surface area contributed by atoms with Gasteiger partial charge < -0.3 is 4.90 Å². The summed E-state index contributed by atoms with van der Waals surface area (Å²) in [6, 6.07) is 0. The molecule has 0 heterocycles. The van der Waals surface area contributed by atoms with Gasteiger partial charge in [0.05, 0.1) is 0 Å². The van der Waals surface area contributed by atoms with Gasteiger partial charge in [-0.2, -0.15) is 0 Å². The van der Waals surface area contributed by atoms with Gasteiger partial charge in [-0.3, -0.25) is 0 Å². The van der Waals surface area contributed by atoms with E-state index >= 15 is 0 Å². The van der Waals surface area contributed by atoms with Crippen LogP contribution in [0.15, 0.2) is 0 Å². The molecule has 1 nitrogen and oxygen atoms in total. The summed E-state index contributed by atoms with van der Waals surface area (Å²) in [5.74, 6) is 0. The summed E-state index contributed by atoms with van der Waals surface area (Å²) >= 11 is 0. The number of hydrogen-bond donors (Lipinski definition) is 0. The average molecular weight is 171 g/mol. The largest absolute Gasteiger partial charge is 0.309 e. The van der Waals surface area contributed by atoms with Gasteiger partial charge in [0.15, 0.2) is 0 Å².